The fraction of sp³-hybridized carbons (Fsp3) is 0.167. The molecule has 11 heavy (non-hydrogen) atoms. The molecular weight excluding hydrogens is 170 g/mol. The molecule has 0 bridgehead atoms. The van der Waals surface area contributed by atoms with Gasteiger partial charge in [0, 0.05) is 34.4 Å². The quantitative estimate of drug-likeness (QED) is 0.639. The van der Waals surface area contributed by atoms with Gasteiger partial charge in [0.15, 0.2) is 0 Å². The third-order valence-corrected chi connectivity index (χ3v) is 1.78. The zero-order valence-corrected chi connectivity index (χ0v) is 8.52. The fourth-order valence-corrected chi connectivity index (χ4v) is 1.26. The zero-order chi connectivity index (χ0) is 6.69. The standard InChI is InChI=1S/C6H6O2S.BH3.Na/c7-6(8)4-5-2-1-3-9-5;;/h1-3H,4H2,(H,7,8);1H3;. The van der Waals surface area contributed by atoms with Crippen molar-refractivity contribution in [3.05, 3.63) is 22.4 Å². The van der Waals surface area contributed by atoms with Gasteiger partial charge in [-0.25, -0.2) is 0 Å². The first-order valence-corrected chi connectivity index (χ1v) is 3.41. The molecule has 2 nitrogen and oxygen atoms in total. The summed E-state index contributed by atoms with van der Waals surface area (Å²) in [4.78, 5) is 11.0. The molecule has 55 valence electrons. The molecule has 0 fully saturated rings. The SMILES string of the molecule is B.O=C(O)Cc1cccs1.[Na]. The van der Waals surface area contributed by atoms with Crippen LogP contribution in [0.2, 0.25) is 0 Å². The van der Waals surface area contributed by atoms with Gasteiger partial charge >= 0.3 is 5.97 Å². The first-order valence-electron chi connectivity index (χ1n) is 2.53. The van der Waals surface area contributed by atoms with Gasteiger partial charge in [-0.05, 0) is 11.4 Å². The number of carboxylic acids is 1. The molecule has 0 atom stereocenters. The molecule has 0 saturated carbocycles. The summed E-state index contributed by atoms with van der Waals surface area (Å²) in [6, 6.07) is 3.67. The van der Waals surface area contributed by atoms with Crippen molar-refractivity contribution in [2.75, 3.05) is 0 Å². The third kappa shape index (κ3) is 5.50. The zero-order valence-electron chi connectivity index (χ0n) is 5.70. The molecule has 0 aliphatic heterocycles. The molecule has 1 N–H and O–H groups in total. The van der Waals surface area contributed by atoms with Crippen LogP contribution >= 0.6 is 11.3 Å². The Labute approximate surface area is 93.5 Å². The summed E-state index contributed by atoms with van der Waals surface area (Å²) in [5, 5.41) is 10.2. The van der Waals surface area contributed by atoms with E-state index in [0.717, 1.165) is 4.88 Å². The second-order valence-electron chi connectivity index (χ2n) is 1.65. The van der Waals surface area contributed by atoms with E-state index in [4.69, 9.17) is 5.11 Å². The number of carboxylic acid groups (broad SMARTS) is 1. The molecule has 0 aromatic carbocycles. The van der Waals surface area contributed by atoms with Crippen molar-refractivity contribution in [1.29, 1.82) is 0 Å². The topological polar surface area (TPSA) is 37.3 Å². The van der Waals surface area contributed by atoms with E-state index < -0.39 is 5.97 Å². The number of thiophene rings is 1. The molecule has 0 amide bonds. The molecule has 0 aliphatic rings. The summed E-state index contributed by atoms with van der Waals surface area (Å²) in [5.41, 5.74) is 0. The second kappa shape index (κ2) is 6.92. The monoisotopic (exact) mass is 179 g/mol. The normalized spacial score (nSPS) is 7.64. The van der Waals surface area contributed by atoms with Gasteiger partial charge in [-0.1, -0.05) is 6.07 Å². The summed E-state index contributed by atoms with van der Waals surface area (Å²) in [6.45, 7) is 0. The van der Waals surface area contributed by atoms with Crippen LogP contribution in [0.3, 0.4) is 0 Å². The molecule has 0 aliphatic carbocycles. The Morgan fingerprint density at radius 1 is 1.64 bits per heavy atom. The minimum atomic E-state index is -0.766. The summed E-state index contributed by atoms with van der Waals surface area (Å²) in [7, 11) is 0. The first kappa shape index (κ1) is 13.8. The van der Waals surface area contributed by atoms with Gasteiger partial charge in [-0.3, -0.25) is 4.79 Å². The van der Waals surface area contributed by atoms with Crippen LogP contribution in [-0.2, 0) is 11.2 Å². The Hall–Kier alpha value is 0.235. The average Bonchev–Trinajstić information content (AvgIpc) is 2.15. The van der Waals surface area contributed by atoms with Gasteiger partial charge in [-0.15, -0.1) is 11.3 Å². The second-order valence-corrected chi connectivity index (χ2v) is 2.68. The molecule has 1 heterocycles. The van der Waals surface area contributed by atoms with Gasteiger partial charge < -0.3 is 5.11 Å². The summed E-state index contributed by atoms with van der Waals surface area (Å²) < 4.78 is 0. The summed E-state index contributed by atoms with van der Waals surface area (Å²) in [6.07, 6.45) is 0.150. The van der Waals surface area contributed by atoms with Gasteiger partial charge in [0.05, 0.1) is 14.8 Å². The van der Waals surface area contributed by atoms with Crippen molar-refractivity contribution >= 4 is 55.3 Å². The first-order chi connectivity index (χ1) is 4.29. The van der Waals surface area contributed by atoms with Crippen molar-refractivity contribution in [2.24, 2.45) is 0 Å². The Kier molecular flexibility index (Phi) is 8.68. The van der Waals surface area contributed by atoms with E-state index in [0.29, 0.717) is 0 Å². The summed E-state index contributed by atoms with van der Waals surface area (Å²) >= 11 is 1.47. The molecule has 1 rings (SSSR count). The van der Waals surface area contributed by atoms with Gasteiger partial charge in [0.25, 0.3) is 0 Å². The van der Waals surface area contributed by atoms with Gasteiger partial charge in [0.1, 0.15) is 0 Å². The number of rotatable bonds is 2. The maximum Gasteiger partial charge on any atom is 0.308 e. The molecule has 1 aromatic rings. The van der Waals surface area contributed by atoms with Crippen LogP contribution in [0.5, 0.6) is 0 Å². The Bertz CT molecular complexity index is 200. The predicted octanol–water partition coefficient (Wildman–Crippen LogP) is -0.190. The van der Waals surface area contributed by atoms with Crippen molar-refractivity contribution in [2.45, 2.75) is 6.42 Å². The minimum absolute atomic E-state index is 0. The van der Waals surface area contributed by atoms with Crippen LogP contribution in [0, 0.1) is 0 Å². The Balaban J connectivity index is 0. The third-order valence-electron chi connectivity index (χ3n) is 0.906. The van der Waals surface area contributed by atoms with Gasteiger partial charge in [-0.2, -0.15) is 0 Å². The molecule has 5 heteroatoms. The fourth-order valence-electron chi connectivity index (χ4n) is 0.562. The average molecular weight is 179 g/mol. The molecule has 1 radical (unpaired) electrons. The van der Waals surface area contributed by atoms with Crippen LogP contribution < -0.4 is 0 Å². The molecular formula is C6H9BNaO2S. The van der Waals surface area contributed by atoms with Crippen LogP contribution in [0.1, 0.15) is 4.88 Å². The van der Waals surface area contributed by atoms with Gasteiger partial charge in [0.2, 0.25) is 0 Å². The predicted molar refractivity (Wildman–Crippen MR) is 51.4 cm³/mol. The van der Waals surface area contributed by atoms with Crippen LogP contribution in [0.25, 0.3) is 0 Å². The number of hydrogen-bond donors (Lipinski definition) is 1. The smallest absolute Gasteiger partial charge is 0.308 e. The van der Waals surface area contributed by atoms with E-state index in [1.165, 1.54) is 11.3 Å². The molecule has 0 unspecified atom stereocenters. The van der Waals surface area contributed by atoms with E-state index in [1.54, 1.807) is 0 Å². The molecule has 1 aromatic heterocycles. The van der Waals surface area contributed by atoms with Crippen molar-refractivity contribution in [1.82, 2.24) is 0 Å². The maximum absolute atomic E-state index is 10.1. The number of carbonyl (C=O) groups is 1. The number of aliphatic carboxylic acids is 1. The summed E-state index contributed by atoms with van der Waals surface area (Å²) in [5.74, 6) is -0.766. The van der Waals surface area contributed by atoms with E-state index in [-0.39, 0.29) is 44.4 Å². The molecule has 0 spiro atoms. The van der Waals surface area contributed by atoms with E-state index in [1.807, 2.05) is 17.5 Å². The minimum Gasteiger partial charge on any atom is -0.481 e. The van der Waals surface area contributed by atoms with Crippen LogP contribution in [-0.4, -0.2) is 49.0 Å². The van der Waals surface area contributed by atoms with Crippen LogP contribution in [0.15, 0.2) is 17.5 Å². The van der Waals surface area contributed by atoms with E-state index in [9.17, 15) is 4.79 Å². The van der Waals surface area contributed by atoms with Crippen molar-refractivity contribution in [3.8, 4) is 0 Å². The molecule has 0 saturated heterocycles. The van der Waals surface area contributed by atoms with E-state index >= 15 is 0 Å². The van der Waals surface area contributed by atoms with E-state index in [2.05, 4.69) is 0 Å². The number of hydrogen-bond acceptors (Lipinski definition) is 2. The van der Waals surface area contributed by atoms with Crippen molar-refractivity contribution < 1.29 is 9.90 Å². The largest absolute Gasteiger partial charge is 0.481 e. The van der Waals surface area contributed by atoms with Crippen LogP contribution in [0.4, 0.5) is 0 Å². The maximum atomic E-state index is 10.1. The Morgan fingerprint density at radius 3 is 2.64 bits per heavy atom. The Morgan fingerprint density at radius 2 is 2.27 bits per heavy atom. The van der Waals surface area contributed by atoms with Crippen molar-refractivity contribution in [3.63, 3.8) is 0 Å².